The van der Waals surface area contributed by atoms with E-state index in [0.29, 0.717) is 36.5 Å². The molecule has 3 aromatic rings. The smallest absolute Gasteiger partial charge is 0.286 e. The Morgan fingerprint density at radius 2 is 1.87 bits per heavy atom. The van der Waals surface area contributed by atoms with Crippen molar-refractivity contribution in [3.63, 3.8) is 0 Å². The summed E-state index contributed by atoms with van der Waals surface area (Å²) in [6, 6.07) is 15.0. The number of amides is 2. The molecule has 7 nitrogen and oxygen atoms in total. The van der Waals surface area contributed by atoms with Crippen molar-refractivity contribution < 1.29 is 9.59 Å². The van der Waals surface area contributed by atoms with Crippen LogP contribution in [-0.2, 0) is 17.8 Å². The van der Waals surface area contributed by atoms with Gasteiger partial charge < -0.3 is 15.5 Å². The lowest BCUT2D eigenvalue weighted by molar-refractivity contribution is -0.121. The van der Waals surface area contributed by atoms with Crippen molar-refractivity contribution in [1.82, 2.24) is 15.5 Å². The Balaban J connectivity index is 1.40. The average Bonchev–Trinajstić information content (AvgIpc) is 3.22. The second-order valence-electron chi connectivity index (χ2n) is 7.16. The van der Waals surface area contributed by atoms with Gasteiger partial charge in [-0.1, -0.05) is 41.1 Å². The Kier molecular flexibility index (Phi) is 7.97. The number of carbonyl (C=O) groups is 2. The van der Waals surface area contributed by atoms with Crippen molar-refractivity contribution in [2.75, 3.05) is 24.3 Å². The Bertz CT molecular complexity index is 1040. The standard InChI is InChI=1S/C22H24ClN5O2S/c1-28(2)18-11-9-15(10-12-18)14-24-19(29)7-4-8-20-26-27-22(31-20)21(30)25-17-6-3-5-16(23)13-17/h3,5-6,9-13H,4,7-8,14H2,1-2H3,(H,24,29)(H,25,30). The highest BCUT2D eigenvalue weighted by molar-refractivity contribution is 7.13. The number of nitrogens with zero attached hydrogens (tertiary/aromatic N) is 3. The minimum atomic E-state index is -0.330. The zero-order valence-corrected chi connectivity index (χ0v) is 19.0. The Morgan fingerprint density at radius 1 is 1.10 bits per heavy atom. The van der Waals surface area contributed by atoms with E-state index >= 15 is 0 Å². The van der Waals surface area contributed by atoms with Crippen LogP contribution < -0.4 is 15.5 Å². The van der Waals surface area contributed by atoms with Gasteiger partial charge in [0.05, 0.1) is 0 Å². The highest BCUT2D eigenvalue weighted by Gasteiger charge is 2.13. The van der Waals surface area contributed by atoms with Crippen LogP contribution in [0.4, 0.5) is 11.4 Å². The Morgan fingerprint density at radius 3 is 2.58 bits per heavy atom. The van der Waals surface area contributed by atoms with Crippen LogP contribution in [0.3, 0.4) is 0 Å². The van der Waals surface area contributed by atoms with Gasteiger partial charge in [0, 0.05) is 49.9 Å². The first-order chi connectivity index (χ1) is 14.9. The van der Waals surface area contributed by atoms with E-state index in [1.807, 2.05) is 43.3 Å². The second-order valence-corrected chi connectivity index (χ2v) is 8.66. The molecule has 0 spiro atoms. The van der Waals surface area contributed by atoms with Crippen LogP contribution >= 0.6 is 22.9 Å². The fourth-order valence-electron chi connectivity index (χ4n) is 2.80. The van der Waals surface area contributed by atoms with E-state index in [4.69, 9.17) is 11.6 Å². The summed E-state index contributed by atoms with van der Waals surface area (Å²) in [7, 11) is 3.98. The summed E-state index contributed by atoms with van der Waals surface area (Å²) in [5.74, 6) is -0.343. The monoisotopic (exact) mass is 457 g/mol. The molecule has 31 heavy (non-hydrogen) atoms. The van der Waals surface area contributed by atoms with Gasteiger partial charge in [-0.2, -0.15) is 0 Å². The number of halogens is 1. The lowest BCUT2D eigenvalue weighted by atomic mass is 10.2. The molecule has 0 saturated carbocycles. The van der Waals surface area contributed by atoms with E-state index in [-0.39, 0.29) is 16.8 Å². The number of rotatable bonds is 9. The van der Waals surface area contributed by atoms with Crippen LogP contribution in [0.5, 0.6) is 0 Å². The molecule has 0 radical (unpaired) electrons. The van der Waals surface area contributed by atoms with E-state index < -0.39 is 0 Å². The van der Waals surface area contributed by atoms with Gasteiger partial charge in [-0.3, -0.25) is 9.59 Å². The molecule has 0 aliphatic carbocycles. The van der Waals surface area contributed by atoms with Gasteiger partial charge in [0.25, 0.3) is 5.91 Å². The highest BCUT2D eigenvalue weighted by atomic mass is 35.5. The van der Waals surface area contributed by atoms with E-state index in [0.717, 1.165) is 16.3 Å². The minimum absolute atomic E-state index is 0.0138. The maximum Gasteiger partial charge on any atom is 0.286 e. The normalized spacial score (nSPS) is 10.5. The zero-order valence-electron chi connectivity index (χ0n) is 17.4. The molecule has 1 heterocycles. The summed E-state index contributed by atoms with van der Waals surface area (Å²) < 4.78 is 0. The molecule has 2 amide bonds. The predicted octanol–water partition coefficient (Wildman–Crippen LogP) is 4.15. The molecule has 2 N–H and O–H groups in total. The SMILES string of the molecule is CN(C)c1ccc(CNC(=O)CCCc2nnc(C(=O)Nc3cccc(Cl)c3)s2)cc1. The van der Waals surface area contributed by atoms with Crippen molar-refractivity contribution in [2.24, 2.45) is 0 Å². The number of aryl methyl sites for hydroxylation is 1. The van der Waals surface area contributed by atoms with Crippen LogP contribution in [0, 0.1) is 0 Å². The summed E-state index contributed by atoms with van der Waals surface area (Å²) >= 11 is 7.15. The summed E-state index contributed by atoms with van der Waals surface area (Å²) in [4.78, 5) is 26.4. The first-order valence-electron chi connectivity index (χ1n) is 9.83. The van der Waals surface area contributed by atoms with Crippen molar-refractivity contribution in [2.45, 2.75) is 25.8 Å². The van der Waals surface area contributed by atoms with E-state index in [1.54, 1.807) is 24.3 Å². The van der Waals surface area contributed by atoms with E-state index in [1.165, 1.54) is 11.3 Å². The van der Waals surface area contributed by atoms with Gasteiger partial charge in [0.15, 0.2) is 0 Å². The van der Waals surface area contributed by atoms with Gasteiger partial charge >= 0.3 is 0 Å². The lowest BCUT2D eigenvalue weighted by Crippen LogP contribution is -2.22. The molecule has 0 unspecified atom stereocenters. The van der Waals surface area contributed by atoms with Gasteiger partial charge in [-0.15, -0.1) is 10.2 Å². The molecule has 0 atom stereocenters. The molecule has 1 aromatic heterocycles. The fourth-order valence-corrected chi connectivity index (χ4v) is 3.77. The third-order valence-corrected chi connectivity index (χ3v) is 5.70. The largest absolute Gasteiger partial charge is 0.378 e. The van der Waals surface area contributed by atoms with Crippen molar-refractivity contribution >= 4 is 46.1 Å². The molecule has 9 heteroatoms. The van der Waals surface area contributed by atoms with Crippen LogP contribution in [0.15, 0.2) is 48.5 Å². The molecule has 2 aromatic carbocycles. The van der Waals surface area contributed by atoms with Crippen LogP contribution in [0.2, 0.25) is 5.02 Å². The third-order valence-electron chi connectivity index (χ3n) is 4.48. The van der Waals surface area contributed by atoms with Gasteiger partial charge in [0.2, 0.25) is 10.9 Å². The maximum absolute atomic E-state index is 12.3. The number of hydrogen-bond donors (Lipinski definition) is 2. The van der Waals surface area contributed by atoms with Gasteiger partial charge in [-0.05, 0) is 42.3 Å². The number of anilines is 2. The summed E-state index contributed by atoms with van der Waals surface area (Å²) in [6.45, 7) is 0.499. The van der Waals surface area contributed by atoms with Crippen LogP contribution in [0.1, 0.15) is 33.2 Å². The fraction of sp³-hybridized carbons (Fsp3) is 0.273. The first-order valence-corrected chi connectivity index (χ1v) is 11.0. The number of carbonyl (C=O) groups excluding carboxylic acids is 2. The Labute approximate surface area is 190 Å². The lowest BCUT2D eigenvalue weighted by Gasteiger charge is -2.12. The zero-order chi connectivity index (χ0) is 22.2. The van der Waals surface area contributed by atoms with E-state index in [9.17, 15) is 9.59 Å². The van der Waals surface area contributed by atoms with Gasteiger partial charge in [0.1, 0.15) is 5.01 Å². The van der Waals surface area contributed by atoms with Crippen LogP contribution in [0.25, 0.3) is 0 Å². The maximum atomic E-state index is 12.3. The quantitative estimate of drug-likeness (QED) is 0.504. The first kappa shape index (κ1) is 22.7. The number of benzene rings is 2. The summed E-state index contributed by atoms with van der Waals surface area (Å²) in [6.07, 6.45) is 1.61. The summed E-state index contributed by atoms with van der Waals surface area (Å²) in [5.41, 5.74) is 2.77. The molecule has 0 saturated heterocycles. The number of hydrogen-bond acceptors (Lipinski definition) is 6. The molecule has 0 fully saturated rings. The number of aromatic nitrogens is 2. The number of nitrogens with one attached hydrogen (secondary N) is 2. The van der Waals surface area contributed by atoms with Crippen molar-refractivity contribution in [3.8, 4) is 0 Å². The summed E-state index contributed by atoms with van der Waals surface area (Å²) in [5, 5.41) is 15.2. The predicted molar refractivity (Wildman–Crippen MR) is 125 cm³/mol. The molecule has 162 valence electrons. The molecular formula is C22H24ClN5O2S. The average molecular weight is 458 g/mol. The van der Waals surface area contributed by atoms with Crippen molar-refractivity contribution in [1.29, 1.82) is 0 Å². The minimum Gasteiger partial charge on any atom is -0.378 e. The Hall–Kier alpha value is -2.97. The van der Waals surface area contributed by atoms with E-state index in [2.05, 4.69) is 20.8 Å². The second kappa shape index (κ2) is 10.9. The molecular weight excluding hydrogens is 434 g/mol. The highest BCUT2D eigenvalue weighted by Crippen LogP contribution is 2.18. The molecule has 0 bridgehead atoms. The third kappa shape index (κ3) is 7.04. The van der Waals surface area contributed by atoms with Crippen LogP contribution in [-0.4, -0.2) is 36.1 Å². The molecule has 0 aliphatic heterocycles. The van der Waals surface area contributed by atoms with Crippen molar-refractivity contribution in [3.05, 3.63) is 69.1 Å². The topological polar surface area (TPSA) is 87.2 Å². The molecule has 0 aliphatic rings. The van der Waals surface area contributed by atoms with Gasteiger partial charge in [-0.25, -0.2) is 0 Å². The molecule has 3 rings (SSSR count).